The van der Waals surface area contributed by atoms with E-state index in [2.05, 4.69) is 16.5 Å². The average Bonchev–Trinajstić information content (AvgIpc) is 2.49. The number of nitrogens with one attached hydrogen (secondary N) is 1. The fraction of sp³-hybridized carbons (Fsp3) is 0.312. The molecule has 0 bridgehead atoms. The summed E-state index contributed by atoms with van der Waals surface area (Å²) in [7, 11) is 1.65. The molecule has 2 aromatic rings. The zero-order chi connectivity index (χ0) is 15.2. The normalized spacial score (nSPS) is 12.0. The first-order valence-electron chi connectivity index (χ1n) is 6.88. The van der Waals surface area contributed by atoms with Gasteiger partial charge in [-0.25, -0.2) is 5.43 Å². The molecule has 1 heterocycles. The molecule has 0 spiro atoms. The van der Waals surface area contributed by atoms with E-state index in [0.717, 1.165) is 28.2 Å². The molecule has 0 aliphatic carbocycles. The van der Waals surface area contributed by atoms with E-state index in [1.165, 1.54) is 0 Å². The fourth-order valence-corrected chi connectivity index (χ4v) is 2.28. The zero-order valence-corrected chi connectivity index (χ0v) is 12.6. The van der Waals surface area contributed by atoms with E-state index >= 15 is 0 Å². The highest BCUT2D eigenvalue weighted by Crippen LogP contribution is 2.31. The molecule has 1 aromatic heterocycles. The molecule has 1 unspecified atom stereocenters. The van der Waals surface area contributed by atoms with Gasteiger partial charge in [0.15, 0.2) is 0 Å². The van der Waals surface area contributed by atoms with E-state index in [4.69, 9.17) is 15.3 Å². The van der Waals surface area contributed by atoms with Gasteiger partial charge in [0, 0.05) is 11.8 Å². The van der Waals surface area contributed by atoms with Crippen LogP contribution in [0.1, 0.15) is 29.7 Å². The second-order valence-corrected chi connectivity index (χ2v) is 4.73. The Kier molecular flexibility index (Phi) is 5.14. The molecule has 0 aliphatic rings. The Morgan fingerprint density at radius 3 is 2.76 bits per heavy atom. The third-order valence-corrected chi connectivity index (χ3v) is 3.24. The van der Waals surface area contributed by atoms with E-state index in [1.54, 1.807) is 19.5 Å². The van der Waals surface area contributed by atoms with Crippen LogP contribution in [0.5, 0.6) is 11.5 Å². The molecule has 2 rings (SSSR count). The Morgan fingerprint density at radius 1 is 1.29 bits per heavy atom. The van der Waals surface area contributed by atoms with Gasteiger partial charge >= 0.3 is 0 Å². The zero-order valence-electron chi connectivity index (χ0n) is 12.6. The number of aromatic nitrogens is 1. The van der Waals surface area contributed by atoms with Crippen molar-refractivity contribution in [2.45, 2.75) is 19.9 Å². The molecule has 0 saturated carbocycles. The molecule has 0 aliphatic heterocycles. The highest BCUT2D eigenvalue weighted by atomic mass is 16.5. The largest absolute Gasteiger partial charge is 0.496 e. The maximum absolute atomic E-state index is 5.76. The standard InChI is InChI=1S/C16H21N3O2/c1-4-21-13-8-12(9-18-10-13)16(19-17)14-7-11(2)5-6-15(14)20-3/h5-10,16,19H,4,17H2,1-3H3. The molecule has 0 amide bonds. The predicted molar refractivity (Wildman–Crippen MR) is 82.3 cm³/mol. The van der Waals surface area contributed by atoms with Crippen molar-refractivity contribution < 1.29 is 9.47 Å². The van der Waals surface area contributed by atoms with E-state index < -0.39 is 0 Å². The molecule has 0 fully saturated rings. The van der Waals surface area contributed by atoms with Crippen LogP contribution in [0.15, 0.2) is 36.7 Å². The molecule has 21 heavy (non-hydrogen) atoms. The van der Waals surface area contributed by atoms with E-state index in [1.807, 2.05) is 32.0 Å². The van der Waals surface area contributed by atoms with E-state index in [0.29, 0.717) is 6.61 Å². The van der Waals surface area contributed by atoms with Crippen molar-refractivity contribution >= 4 is 0 Å². The molecule has 0 radical (unpaired) electrons. The smallest absolute Gasteiger partial charge is 0.137 e. The number of ether oxygens (including phenoxy) is 2. The fourth-order valence-electron chi connectivity index (χ4n) is 2.28. The van der Waals surface area contributed by atoms with Crippen LogP contribution < -0.4 is 20.7 Å². The van der Waals surface area contributed by atoms with Crippen molar-refractivity contribution in [3.8, 4) is 11.5 Å². The first kappa shape index (κ1) is 15.3. The maximum atomic E-state index is 5.76. The lowest BCUT2D eigenvalue weighted by Gasteiger charge is -2.20. The van der Waals surface area contributed by atoms with Crippen LogP contribution in [-0.2, 0) is 0 Å². The quantitative estimate of drug-likeness (QED) is 0.630. The van der Waals surface area contributed by atoms with Crippen molar-refractivity contribution in [3.63, 3.8) is 0 Å². The van der Waals surface area contributed by atoms with Gasteiger partial charge in [0.05, 0.1) is 26.0 Å². The first-order valence-corrected chi connectivity index (χ1v) is 6.88. The molecule has 1 aromatic carbocycles. The number of nitrogens with two attached hydrogens (primary N) is 1. The molecule has 0 saturated heterocycles. The van der Waals surface area contributed by atoms with Crippen LogP contribution in [0.3, 0.4) is 0 Å². The highest BCUT2D eigenvalue weighted by Gasteiger charge is 2.18. The summed E-state index contributed by atoms with van der Waals surface area (Å²) < 4.78 is 10.9. The van der Waals surface area contributed by atoms with E-state index in [9.17, 15) is 0 Å². The van der Waals surface area contributed by atoms with Crippen LogP contribution in [-0.4, -0.2) is 18.7 Å². The van der Waals surface area contributed by atoms with Gasteiger partial charge in [0.2, 0.25) is 0 Å². The maximum Gasteiger partial charge on any atom is 0.137 e. The number of aryl methyl sites for hydroxylation is 1. The number of nitrogens with zero attached hydrogens (tertiary/aromatic N) is 1. The van der Waals surface area contributed by atoms with Gasteiger partial charge in [-0.05, 0) is 31.5 Å². The number of methoxy groups -OCH3 is 1. The number of pyridine rings is 1. The molecule has 3 N–H and O–H groups in total. The minimum Gasteiger partial charge on any atom is -0.496 e. The lowest BCUT2D eigenvalue weighted by Crippen LogP contribution is -2.29. The Balaban J connectivity index is 2.44. The molecule has 112 valence electrons. The number of rotatable bonds is 6. The summed E-state index contributed by atoms with van der Waals surface area (Å²) in [6.07, 6.45) is 3.46. The summed E-state index contributed by atoms with van der Waals surface area (Å²) in [4.78, 5) is 4.21. The third kappa shape index (κ3) is 3.51. The second-order valence-electron chi connectivity index (χ2n) is 4.73. The average molecular weight is 287 g/mol. The summed E-state index contributed by atoms with van der Waals surface area (Å²) in [6, 6.07) is 7.71. The monoisotopic (exact) mass is 287 g/mol. The van der Waals surface area contributed by atoms with Crippen molar-refractivity contribution in [2.75, 3.05) is 13.7 Å². The third-order valence-electron chi connectivity index (χ3n) is 3.24. The molecule has 5 heteroatoms. The lowest BCUT2D eigenvalue weighted by atomic mass is 9.98. The van der Waals surface area contributed by atoms with Crippen LogP contribution >= 0.6 is 0 Å². The number of hydrogen-bond donors (Lipinski definition) is 2. The van der Waals surface area contributed by atoms with E-state index in [-0.39, 0.29) is 6.04 Å². The van der Waals surface area contributed by atoms with Gasteiger partial charge in [-0.2, -0.15) is 0 Å². The topological polar surface area (TPSA) is 69.4 Å². The second kappa shape index (κ2) is 7.06. The minimum atomic E-state index is -0.215. The van der Waals surface area contributed by atoms with Crippen molar-refractivity contribution in [1.29, 1.82) is 0 Å². The summed E-state index contributed by atoms with van der Waals surface area (Å²) >= 11 is 0. The van der Waals surface area contributed by atoms with Crippen molar-refractivity contribution in [1.82, 2.24) is 10.4 Å². The summed E-state index contributed by atoms with van der Waals surface area (Å²) in [5.74, 6) is 7.27. The van der Waals surface area contributed by atoms with Crippen LogP contribution in [0.4, 0.5) is 0 Å². The molecule has 5 nitrogen and oxygen atoms in total. The molecule has 1 atom stereocenters. The van der Waals surface area contributed by atoms with Crippen LogP contribution in [0.2, 0.25) is 0 Å². The Bertz CT molecular complexity index is 602. The van der Waals surface area contributed by atoms with Gasteiger partial charge in [-0.3, -0.25) is 10.8 Å². The minimum absolute atomic E-state index is 0.215. The molecular weight excluding hydrogens is 266 g/mol. The first-order chi connectivity index (χ1) is 10.2. The van der Waals surface area contributed by atoms with Gasteiger partial charge < -0.3 is 9.47 Å². The Labute approximate surface area is 125 Å². The van der Waals surface area contributed by atoms with Crippen LogP contribution in [0, 0.1) is 6.92 Å². The summed E-state index contributed by atoms with van der Waals surface area (Å²) in [6.45, 7) is 4.57. The summed E-state index contributed by atoms with van der Waals surface area (Å²) in [5, 5.41) is 0. The Morgan fingerprint density at radius 2 is 2.10 bits per heavy atom. The van der Waals surface area contributed by atoms with Crippen LogP contribution in [0.25, 0.3) is 0 Å². The lowest BCUT2D eigenvalue weighted by molar-refractivity contribution is 0.338. The Hall–Kier alpha value is -2.11. The number of benzene rings is 1. The molecular formula is C16H21N3O2. The highest BCUT2D eigenvalue weighted by molar-refractivity contribution is 5.44. The summed E-state index contributed by atoms with van der Waals surface area (Å²) in [5.41, 5.74) is 5.86. The van der Waals surface area contributed by atoms with Gasteiger partial charge in [-0.1, -0.05) is 17.7 Å². The van der Waals surface area contributed by atoms with Gasteiger partial charge in [0.1, 0.15) is 11.5 Å². The van der Waals surface area contributed by atoms with Gasteiger partial charge in [-0.15, -0.1) is 0 Å². The van der Waals surface area contributed by atoms with Crippen molar-refractivity contribution in [2.24, 2.45) is 5.84 Å². The van der Waals surface area contributed by atoms with Crippen molar-refractivity contribution in [3.05, 3.63) is 53.3 Å². The predicted octanol–water partition coefficient (Wildman–Crippen LogP) is 2.35. The van der Waals surface area contributed by atoms with Gasteiger partial charge in [0.25, 0.3) is 0 Å². The number of hydrazine groups is 1. The number of hydrogen-bond acceptors (Lipinski definition) is 5. The SMILES string of the molecule is CCOc1cncc(C(NN)c2cc(C)ccc2OC)c1.